The summed E-state index contributed by atoms with van der Waals surface area (Å²) in [5, 5.41) is 18.8. The van der Waals surface area contributed by atoms with Crippen molar-refractivity contribution < 1.29 is 14.7 Å². The van der Waals surface area contributed by atoms with Crippen LogP contribution in [0, 0.1) is 0 Å². The number of hydrogen-bond donors (Lipinski definition) is 3. The maximum Gasteiger partial charge on any atom is 0.287 e. The number of nitrogens with one attached hydrogen (secondary N) is 2. The molecule has 0 atom stereocenters. The largest absolute Gasteiger partial charge is 0.507 e. The molecule has 0 spiro atoms. The Morgan fingerprint density at radius 2 is 1.56 bits per heavy atom. The predicted octanol–water partition coefficient (Wildman–Crippen LogP) is 4.53. The summed E-state index contributed by atoms with van der Waals surface area (Å²) in [6.45, 7) is 0. The molecular formula is C29H26N4O3. The van der Waals surface area contributed by atoms with Crippen LogP contribution in [0.4, 0.5) is 5.69 Å². The summed E-state index contributed by atoms with van der Waals surface area (Å²) in [5.41, 5.74) is 5.12. The molecular weight excluding hydrogens is 452 g/mol. The molecule has 36 heavy (non-hydrogen) atoms. The molecule has 7 heteroatoms. The molecule has 180 valence electrons. The molecule has 3 N–H and O–H groups in total. The van der Waals surface area contributed by atoms with Crippen molar-refractivity contribution in [2.75, 3.05) is 19.0 Å². The smallest absolute Gasteiger partial charge is 0.287 e. The minimum Gasteiger partial charge on any atom is -0.507 e. The van der Waals surface area contributed by atoms with Crippen molar-refractivity contribution in [1.29, 1.82) is 0 Å². The Morgan fingerprint density at radius 3 is 2.28 bits per heavy atom. The zero-order valence-electron chi connectivity index (χ0n) is 20.0. The van der Waals surface area contributed by atoms with Gasteiger partial charge in [0.05, 0.1) is 6.21 Å². The van der Waals surface area contributed by atoms with E-state index in [4.69, 9.17) is 0 Å². The molecule has 0 heterocycles. The van der Waals surface area contributed by atoms with Crippen LogP contribution in [-0.4, -0.2) is 37.2 Å². The van der Waals surface area contributed by atoms with Gasteiger partial charge in [-0.15, -0.1) is 0 Å². The van der Waals surface area contributed by atoms with Gasteiger partial charge in [-0.1, -0.05) is 60.7 Å². The van der Waals surface area contributed by atoms with E-state index in [-0.39, 0.29) is 11.4 Å². The minimum absolute atomic E-state index is 0.0285. The molecule has 0 radical (unpaired) electrons. The highest BCUT2D eigenvalue weighted by Gasteiger charge is 2.14. The third kappa shape index (κ3) is 5.77. The molecule has 4 aromatic carbocycles. The quantitative estimate of drug-likeness (QED) is 0.207. The lowest BCUT2D eigenvalue weighted by atomic mass is 10.0. The second kappa shape index (κ2) is 11.0. The SMILES string of the molecule is CN(C)c1ccc(/C=C(\NC(=O)c2ccccc2)C(=O)N/N=C\c2c(O)ccc3ccccc23)cc1. The van der Waals surface area contributed by atoms with Crippen molar-refractivity contribution in [3.8, 4) is 5.75 Å². The molecule has 0 unspecified atom stereocenters. The van der Waals surface area contributed by atoms with E-state index in [1.165, 1.54) is 6.21 Å². The van der Waals surface area contributed by atoms with Crippen molar-refractivity contribution >= 4 is 40.6 Å². The van der Waals surface area contributed by atoms with Crippen LogP contribution in [0.15, 0.2) is 102 Å². The van der Waals surface area contributed by atoms with E-state index < -0.39 is 11.8 Å². The van der Waals surface area contributed by atoms with E-state index >= 15 is 0 Å². The van der Waals surface area contributed by atoms with Crippen LogP contribution < -0.4 is 15.6 Å². The topological polar surface area (TPSA) is 94.0 Å². The van der Waals surface area contributed by atoms with E-state index in [1.54, 1.807) is 36.4 Å². The number of phenols is 1. The minimum atomic E-state index is -0.605. The second-order valence-corrected chi connectivity index (χ2v) is 8.28. The summed E-state index contributed by atoms with van der Waals surface area (Å²) in [6, 6.07) is 27.1. The Balaban J connectivity index is 1.59. The molecule has 0 aliphatic heterocycles. The Labute approximate surface area is 209 Å². The number of aromatic hydroxyl groups is 1. The Hall–Kier alpha value is -4.91. The highest BCUT2D eigenvalue weighted by atomic mass is 16.3. The Morgan fingerprint density at radius 1 is 0.861 bits per heavy atom. The zero-order valence-corrected chi connectivity index (χ0v) is 20.0. The molecule has 4 rings (SSSR count). The fourth-order valence-electron chi connectivity index (χ4n) is 3.61. The van der Waals surface area contributed by atoms with Gasteiger partial charge in [-0.25, -0.2) is 5.43 Å². The van der Waals surface area contributed by atoms with E-state index in [9.17, 15) is 14.7 Å². The second-order valence-electron chi connectivity index (χ2n) is 8.28. The number of rotatable bonds is 7. The van der Waals surface area contributed by atoms with Gasteiger partial charge in [-0.3, -0.25) is 9.59 Å². The summed E-state index contributed by atoms with van der Waals surface area (Å²) in [6.07, 6.45) is 2.97. The highest BCUT2D eigenvalue weighted by molar-refractivity contribution is 6.06. The third-order valence-corrected chi connectivity index (χ3v) is 5.56. The van der Waals surface area contributed by atoms with Crippen molar-refractivity contribution in [2.45, 2.75) is 0 Å². The van der Waals surface area contributed by atoms with Gasteiger partial charge < -0.3 is 15.3 Å². The monoisotopic (exact) mass is 478 g/mol. The lowest BCUT2D eigenvalue weighted by molar-refractivity contribution is -0.117. The van der Waals surface area contributed by atoms with Crippen molar-refractivity contribution in [3.05, 3.63) is 113 Å². The normalized spacial score (nSPS) is 11.4. The average molecular weight is 479 g/mol. The summed E-state index contributed by atoms with van der Waals surface area (Å²) in [5.74, 6) is -0.981. The van der Waals surface area contributed by atoms with Gasteiger partial charge in [-0.05, 0) is 52.7 Å². The van der Waals surface area contributed by atoms with Crippen molar-refractivity contribution in [1.82, 2.24) is 10.7 Å². The zero-order chi connectivity index (χ0) is 25.5. The number of carbonyl (C=O) groups excluding carboxylic acids is 2. The molecule has 0 saturated heterocycles. The number of carbonyl (C=O) groups is 2. The molecule has 0 aliphatic rings. The van der Waals surface area contributed by atoms with Crippen LogP contribution in [0.25, 0.3) is 16.8 Å². The first kappa shape index (κ1) is 24.2. The summed E-state index contributed by atoms with van der Waals surface area (Å²) in [7, 11) is 3.88. The lowest BCUT2D eigenvalue weighted by Crippen LogP contribution is -2.32. The van der Waals surface area contributed by atoms with Gasteiger partial charge in [-0.2, -0.15) is 5.10 Å². The number of benzene rings is 4. The number of amides is 2. The molecule has 7 nitrogen and oxygen atoms in total. The van der Waals surface area contributed by atoms with Gasteiger partial charge in [0.25, 0.3) is 11.8 Å². The van der Waals surface area contributed by atoms with Crippen LogP contribution in [0.1, 0.15) is 21.5 Å². The van der Waals surface area contributed by atoms with E-state index in [0.717, 1.165) is 22.0 Å². The van der Waals surface area contributed by atoms with Gasteiger partial charge in [0.2, 0.25) is 0 Å². The highest BCUT2D eigenvalue weighted by Crippen LogP contribution is 2.25. The molecule has 4 aromatic rings. The fraction of sp³-hybridized carbons (Fsp3) is 0.0690. The molecule has 0 bridgehead atoms. The van der Waals surface area contributed by atoms with E-state index in [0.29, 0.717) is 11.1 Å². The fourth-order valence-corrected chi connectivity index (χ4v) is 3.61. The summed E-state index contributed by atoms with van der Waals surface area (Å²) in [4.78, 5) is 27.8. The van der Waals surface area contributed by atoms with Crippen LogP contribution in [0.2, 0.25) is 0 Å². The van der Waals surface area contributed by atoms with Gasteiger partial charge in [0.1, 0.15) is 11.4 Å². The van der Waals surface area contributed by atoms with Crippen LogP contribution >= 0.6 is 0 Å². The Bertz CT molecular complexity index is 1440. The average Bonchev–Trinajstić information content (AvgIpc) is 2.90. The molecule has 2 amide bonds. The van der Waals surface area contributed by atoms with Crippen molar-refractivity contribution in [2.24, 2.45) is 5.10 Å². The molecule has 0 aliphatic carbocycles. The lowest BCUT2D eigenvalue weighted by Gasteiger charge is -2.13. The first-order valence-corrected chi connectivity index (χ1v) is 11.3. The van der Waals surface area contributed by atoms with Crippen LogP contribution in [0.3, 0.4) is 0 Å². The van der Waals surface area contributed by atoms with Crippen LogP contribution in [-0.2, 0) is 4.79 Å². The number of anilines is 1. The third-order valence-electron chi connectivity index (χ3n) is 5.56. The summed E-state index contributed by atoms with van der Waals surface area (Å²) < 4.78 is 0. The standard InChI is InChI=1S/C29H26N4O3/c1-33(2)23-15-12-20(13-16-23)18-26(31-28(35)22-9-4-3-5-10-22)29(36)32-30-19-25-24-11-7-6-8-21(24)14-17-27(25)34/h3-19,34H,1-2H3,(H,31,35)(H,32,36)/b26-18-,30-19-. The number of nitrogens with zero attached hydrogens (tertiary/aromatic N) is 2. The van der Waals surface area contributed by atoms with Gasteiger partial charge >= 0.3 is 0 Å². The number of phenolic OH excluding ortho intramolecular Hbond substituents is 1. The van der Waals surface area contributed by atoms with Gasteiger partial charge in [0.15, 0.2) is 0 Å². The first-order chi connectivity index (χ1) is 17.4. The van der Waals surface area contributed by atoms with E-state index in [1.807, 2.05) is 79.7 Å². The number of fused-ring (bicyclic) bond motifs is 1. The number of hydrogen-bond acceptors (Lipinski definition) is 5. The molecule has 0 saturated carbocycles. The molecule has 0 fully saturated rings. The predicted molar refractivity (Wildman–Crippen MR) is 144 cm³/mol. The Kier molecular flexibility index (Phi) is 7.41. The van der Waals surface area contributed by atoms with E-state index in [2.05, 4.69) is 15.8 Å². The van der Waals surface area contributed by atoms with Crippen molar-refractivity contribution in [3.63, 3.8) is 0 Å². The number of hydrazone groups is 1. The maximum atomic E-state index is 13.0. The summed E-state index contributed by atoms with van der Waals surface area (Å²) >= 11 is 0. The maximum absolute atomic E-state index is 13.0. The van der Waals surface area contributed by atoms with Crippen LogP contribution in [0.5, 0.6) is 5.75 Å². The first-order valence-electron chi connectivity index (χ1n) is 11.3. The van der Waals surface area contributed by atoms with Gasteiger partial charge in [0, 0.05) is 30.9 Å². The molecule has 0 aromatic heterocycles.